The van der Waals surface area contributed by atoms with Crippen molar-refractivity contribution < 1.29 is 19.4 Å². The summed E-state index contributed by atoms with van der Waals surface area (Å²) in [5.41, 5.74) is 0.966. The molecule has 180 valence electrons. The molecule has 1 N–H and O–H groups in total. The van der Waals surface area contributed by atoms with Gasteiger partial charge in [-0.2, -0.15) is 9.78 Å². The zero-order chi connectivity index (χ0) is 25.0. The van der Waals surface area contributed by atoms with Crippen molar-refractivity contribution in [3.8, 4) is 11.5 Å². The molecule has 2 atom stereocenters. The standard InChI is InChI=1S/C24H25Br2N3O5/c1-5-13(3)22-28-19-8-7-16(25)10-17(19)23(30)29(22)27-12-15-9-20(33-6-2)21(11-18(15)26)34-14(4)24(31)32/h7-14H,5-6H2,1-4H3,(H,31,32)/t13-,14+/m0/s1. The molecule has 3 rings (SSSR count). The number of aliphatic carboxylic acids is 1. The van der Waals surface area contributed by atoms with Gasteiger partial charge in [0, 0.05) is 20.4 Å². The molecule has 1 heterocycles. The van der Waals surface area contributed by atoms with Crippen LogP contribution in [-0.4, -0.2) is 39.7 Å². The molecule has 3 aromatic rings. The highest BCUT2D eigenvalue weighted by Gasteiger charge is 2.18. The van der Waals surface area contributed by atoms with E-state index in [0.29, 0.717) is 39.1 Å². The molecule has 0 radical (unpaired) electrons. The van der Waals surface area contributed by atoms with E-state index < -0.39 is 12.1 Å². The molecule has 2 aromatic carbocycles. The molecule has 10 heteroatoms. The van der Waals surface area contributed by atoms with Crippen molar-refractivity contribution >= 4 is 54.9 Å². The van der Waals surface area contributed by atoms with Crippen LogP contribution in [0.25, 0.3) is 10.9 Å². The third kappa shape index (κ3) is 5.67. The predicted octanol–water partition coefficient (Wildman–Crippen LogP) is 5.57. The van der Waals surface area contributed by atoms with E-state index in [-0.39, 0.29) is 17.2 Å². The van der Waals surface area contributed by atoms with E-state index in [0.717, 1.165) is 10.9 Å². The Bertz CT molecular complexity index is 1310. The number of carbonyl (C=O) groups is 1. The van der Waals surface area contributed by atoms with Crippen LogP contribution < -0.4 is 15.0 Å². The Hall–Kier alpha value is -2.72. The van der Waals surface area contributed by atoms with Gasteiger partial charge in [0.05, 0.1) is 23.7 Å². The molecule has 0 aliphatic rings. The number of carboxylic acid groups (broad SMARTS) is 1. The lowest BCUT2D eigenvalue weighted by Gasteiger charge is -2.16. The molecular weight excluding hydrogens is 570 g/mol. The van der Waals surface area contributed by atoms with Crippen molar-refractivity contribution in [2.24, 2.45) is 5.10 Å². The molecule has 0 aliphatic heterocycles. The predicted molar refractivity (Wildman–Crippen MR) is 138 cm³/mol. The summed E-state index contributed by atoms with van der Waals surface area (Å²) in [5.74, 6) is 0.144. The number of carboxylic acids is 1. The van der Waals surface area contributed by atoms with E-state index in [4.69, 9.17) is 19.6 Å². The molecule has 0 saturated heterocycles. The van der Waals surface area contributed by atoms with Crippen molar-refractivity contribution in [3.63, 3.8) is 0 Å². The quantitative estimate of drug-likeness (QED) is 0.325. The fourth-order valence-corrected chi connectivity index (χ4v) is 3.94. The van der Waals surface area contributed by atoms with Crippen LogP contribution in [0.3, 0.4) is 0 Å². The van der Waals surface area contributed by atoms with Gasteiger partial charge in [-0.25, -0.2) is 9.78 Å². The average molecular weight is 595 g/mol. The highest BCUT2D eigenvalue weighted by Crippen LogP contribution is 2.34. The molecule has 0 saturated carbocycles. The van der Waals surface area contributed by atoms with Gasteiger partial charge in [0.1, 0.15) is 5.82 Å². The number of fused-ring (bicyclic) bond motifs is 1. The molecule has 8 nitrogen and oxygen atoms in total. The molecule has 0 aliphatic carbocycles. The summed E-state index contributed by atoms with van der Waals surface area (Å²) in [6.07, 6.45) is 1.27. The van der Waals surface area contributed by atoms with Crippen LogP contribution >= 0.6 is 31.9 Å². The number of hydrogen-bond donors (Lipinski definition) is 1. The highest BCUT2D eigenvalue weighted by molar-refractivity contribution is 9.10. The van der Waals surface area contributed by atoms with Gasteiger partial charge in [-0.3, -0.25) is 4.79 Å². The van der Waals surface area contributed by atoms with E-state index in [1.807, 2.05) is 32.9 Å². The third-order valence-corrected chi connectivity index (χ3v) is 6.39. The van der Waals surface area contributed by atoms with Gasteiger partial charge in [-0.05, 0) is 66.5 Å². The normalized spacial score (nSPS) is 13.2. The van der Waals surface area contributed by atoms with Crippen molar-refractivity contribution in [1.29, 1.82) is 0 Å². The average Bonchev–Trinajstić information content (AvgIpc) is 2.80. The largest absolute Gasteiger partial charge is 0.490 e. The summed E-state index contributed by atoms with van der Waals surface area (Å²) in [5, 5.41) is 14.1. The number of ether oxygens (including phenoxy) is 2. The molecular formula is C24H25Br2N3O5. The Morgan fingerprint density at radius 2 is 1.94 bits per heavy atom. The van der Waals surface area contributed by atoms with Crippen LogP contribution in [0.1, 0.15) is 51.4 Å². The summed E-state index contributed by atoms with van der Waals surface area (Å²) in [6, 6.07) is 8.70. The Morgan fingerprint density at radius 3 is 2.59 bits per heavy atom. The van der Waals surface area contributed by atoms with Crippen LogP contribution in [-0.2, 0) is 4.79 Å². The summed E-state index contributed by atoms with van der Waals surface area (Å²) in [7, 11) is 0. The van der Waals surface area contributed by atoms with Gasteiger partial charge >= 0.3 is 5.97 Å². The second-order valence-electron chi connectivity index (χ2n) is 7.65. The topological polar surface area (TPSA) is 103 Å². The summed E-state index contributed by atoms with van der Waals surface area (Å²) in [6.45, 7) is 7.64. The SMILES string of the molecule is CCOc1cc(C=Nn2c([C@@H](C)CC)nc3ccc(Br)cc3c2=O)c(Br)cc1O[C@H](C)C(=O)O. The van der Waals surface area contributed by atoms with Crippen LogP contribution in [0.15, 0.2) is 49.2 Å². The zero-order valence-corrected chi connectivity index (χ0v) is 22.4. The fraction of sp³-hybridized carbons (Fsp3) is 0.333. The third-order valence-electron chi connectivity index (χ3n) is 5.21. The Kier molecular flexibility index (Phi) is 8.48. The number of benzene rings is 2. The molecule has 0 fully saturated rings. The Balaban J connectivity index is 2.11. The van der Waals surface area contributed by atoms with Gasteiger partial charge < -0.3 is 14.6 Å². The van der Waals surface area contributed by atoms with Crippen LogP contribution in [0.2, 0.25) is 0 Å². The molecule has 34 heavy (non-hydrogen) atoms. The molecule has 0 unspecified atom stereocenters. The van der Waals surface area contributed by atoms with Crippen molar-refractivity contribution in [2.45, 2.75) is 46.1 Å². The minimum atomic E-state index is -1.09. The maximum atomic E-state index is 13.3. The summed E-state index contributed by atoms with van der Waals surface area (Å²) < 4.78 is 13.9. The first-order valence-corrected chi connectivity index (χ1v) is 12.4. The van der Waals surface area contributed by atoms with E-state index in [1.54, 1.807) is 18.2 Å². The lowest BCUT2D eigenvalue weighted by atomic mass is 10.1. The van der Waals surface area contributed by atoms with Gasteiger partial charge in [0.25, 0.3) is 5.56 Å². The second kappa shape index (κ2) is 11.1. The van der Waals surface area contributed by atoms with E-state index >= 15 is 0 Å². The summed E-state index contributed by atoms with van der Waals surface area (Å²) >= 11 is 6.89. The maximum Gasteiger partial charge on any atom is 0.344 e. The van der Waals surface area contributed by atoms with Gasteiger partial charge in [-0.15, -0.1) is 0 Å². The molecule has 1 aromatic heterocycles. The van der Waals surface area contributed by atoms with Crippen LogP contribution in [0, 0.1) is 0 Å². The second-order valence-corrected chi connectivity index (χ2v) is 9.42. The number of nitrogens with zero attached hydrogens (tertiary/aromatic N) is 3. The van der Waals surface area contributed by atoms with E-state index in [2.05, 4.69) is 37.0 Å². The smallest absolute Gasteiger partial charge is 0.344 e. The lowest BCUT2D eigenvalue weighted by Crippen LogP contribution is -2.24. The number of aromatic nitrogens is 2. The van der Waals surface area contributed by atoms with Crippen molar-refractivity contribution in [3.05, 3.63) is 61.0 Å². The minimum absolute atomic E-state index is 0.00797. The number of hydrogen-bond acceptors (Lipinski definition) is 6. The molecule has 0 bridgehead atoms. The Morgan fingerprint density at radius 1 is 1.21 bits per heavy atom. The van der Waals surface area contributed by atoms with E-state index in [9.17, 15) is 9.59 Å². The van der Waals surface area contributed by atoms with Crippen molar-refractivity contribution in [1.82, 2.24) is 9.66 Å². The minimum Gasteiger partial charge on any atom is -0.490 e. The first-order chi connectivity index (χ1) is 16.2. The maximum absolute atomic E-state index is 13.3. The molecule has 0 amide bonds. The lowest BCUT2D eigenvalue weighted by molar-refractivity contribution is -0.144. The van der Waals surface area contributed by atoms with Crippen molar-refractivity contribution in [2.75, 3.05) is 6.61 Å². The van der Waals surface area contributed by atoms with E-state index in [1.165, 1.54) is 17.8 Å². The number of rotatable bonds is 9. The summed E-state index contributed by atoms with van der Waals surface area (Å²) in [4.78, 5) is 29.2. The number of halogens is 2. The fourth-order valence-electron chi connectivity index (χ4n) is 3.15. The van der Waals surface area contributed by atoms with Crippen LogP contribution in [0.4, 0.5) is 0 Å². The van der Waals surface area contributed by atoms with Gasteiger partial charge in [-0.1, -0.05) is 29.8 Å². The first-order valence-electron chi connectivity index (χ1n) is 10.8. The zero-order valence-electron chi connectivity index (χ0n) is 19.2. The molecule has 0 spiro atoms. The van der Waals surface area contributed by atoms with Gasteiger partial charge in [0.15, 0.2) is 17.6 Å². The monoisotopic (exact) mass is 593 g/mol. The highest BCUT2D eigenvalue weighted by atomic mass is 79.9. The van der Waals surface area contributed by atoms with Crippen LogP contribution in [0.5, 0.6) is 11.5 Å². The van der Waals surface area contributed by atoms with Gasteiger partial charge in [0.2, 0.25) is 0 Å². The Labute approximate surface area is 213 Å². The first kappa shape index (κ1) is 25.9.